The Kier molecular flexibility index (Phi) is 3.77. The third-order valence-corrected chi connectivity index (χ3v) is 0.671. The Hall–Kier alpha value is 0.415. The molecule has 0 aliphatic heterocycles. The topological polar surface area (TPSA) is 0 Å². The van der Waals surface area contributed by atoms with Gasteiger partial charge in [-0.3, -0.25) is 0 Å². The number of thiol groups is 1. The highest BCUT2D eigenvalue weighted by Gasteiger charge is 1.62. The van der Waals surface area contributed by atoms with Crippen molar-refractivity contribution >= 4 is 19.9 Å². The number of rotatable bonds is 1. The molecule has 0 saturated carbocycles. The average Bonchev–Trinajstić information content (AvgIpc) is 1.37. The van der Waals surface area contributed by atoms with Gasteiger partial charge in [-0.1, -0.05) is 6.82 Å². The average molecular weight is 74.0 g/mol. The van der Waals surface area contributed by atoms with Crippen molar-refractivity contribution in [3.8, 4) is 0 Å². The van der Waals surface area contributed by atoms with Gasteiger partial charge in [-0.25, -0.2) is 0 Å². The van der Waals surface area contributed by atoms with Crippen LogP contribution in [0.15, 0.2) is 0 Å². The molecule has 0 N–H and O–H groups in total. The van der Waals surface area contributed by atoms with Crippen LogP contribution in [0, 0.1) is 0 Å². The van der Waals surface area contributed by atoms with Gasteiger partial charge in [-0.2, -0.15) is 12.6 Å². The molecule has 0 aromatic rings. The summed E-state index contributed by atoms with van der Waals surface area (Å²) < 4.78 is 0. The van der Waals surface area contributed by atoms with Gasteiger partial charge < -0.3 is 0 Å². The molecule has 0 saturated heterocycles. The Morgan fingerprint density at radius 1 is 2.00 bits per heavy atom. The molecule has 4 heavy (non-hydrogen) atoms. The zero-order valence-electron chi connectivity index (χ0n) is 2.86. The maximum Gasteiger partial charge on any atom is 0.129 e. The Balaban J connectivity index is 1.97. The third kappa shape index (κ3) is 2.41. The summed E-state index contributed by atoms with van der Waals surface area (Å²) in [5.41, 5.74) is 1.01. The van der Waals surface area contributed by atoms with E-state index in [9.17, 15) is 0 Å². The fourth-order valence-corrected chi connectivity index (χ4v) is 0. The van der Waals surface area contributed by atoms with Crippen LogP contribution in [0.1, 0.15) is 0 Å². The van der Waals surface area contributed by atoms with Crippen molar-refractivity contribution < 1.29 is 0 Å². The summed E-state index contributed by atoms with van der Waals surface area (Å²) in [4.78, 5) is 0. The lowest BCUT2D eigenvalue weighted by molar-refractivity contribution is 2.08. The molecular formula is C2H7BS. The fourth-order valence-electron chi connectivity index (χ4n) is 0. The first-order chi connectivity index (χ1) is 1.91. The Bertz CT molecular complexity index is 8.00. The molecule has 0 bridgehead atoms. The van der Waals surface area contributed by atoms with Crippen molar-refractivity contribution in [3.63, 3.8) is 0 Å². The minimum atomic E-state index is 1.01. The number of hydrogen-bond acceptors (Lipinski definition) is 1. The summed E-state index contributed by atoms with van der Waals surface area (Å²) in [6.45, 7) is 2.10. The van der Waals surface area contributed by atoms with Crippen molar-refractivity contribution in [2.45, 2.75) is 6.82 Å². The molecule has 24 valence electrons. The molecule has 0 unspecified atom stereocenters. The molecule has 0 heterocycles. The van der Waals surface area contributed by atoms with E-state index in [-0.39, 0.29) is 0 Å². The summed E-state index contributed by atoms with van der Waals surface area (Å²) in [5, 5.41) is 0. The zero-order valence-corrected chi connectivity index (χ0v) is 3.76. The van der Waals surface area contributed by atoms with Crippen LogP contribution in [-0.2, 0) is 0 Å². The van der Waals surface area contributed by atoms with E-state index in [0.29, 0.717) is 0 Å². The molecule has 0 aromatic carbocycles. The van der Waals surface area contributed by atoms with Gasteiger partial charge in [0.05, 0.1) is 0 Å². The molecule has 0 aromatic heterocycles. The van der Waals surface area contributed by atoms with Crippen molar-refractivity contribution in [1.82, 2.24) is 0 Å². The van der Waals surface area contributed by atoms with Gasteiger partial charge in [0.1, 0.15) is 7.28 Å². The van der Waals surface area contributed by atoms with Crippen LogP contribution in [0.2, 0.25) is 6.82 Å². The standard InChI is InChI=1S/C2H7BS/c1-3-2-4/h3-4H,2H2,1H3. The van der Waals surface area contributed by atoms with E-state index in [4.69, 9.17) is 0 Å². The highest BCUT2D eigenvalue weighted by atomic mass is 32.1. The molecule has 0 spiro atoms. The van der Waals surface area contributed by atoms with E-state index >= 15 is 0 Å². The van der Waals surface area contributed by atoms with E-state index < -0.39 is 0 Å². The predicted octanol–water partition coefficient (Wildman–Crippen LogP) is 0.358. The monoisotopic (exact) mass is 74.0 g/mol. The maximum atomic E-state index is 3.92. The molecule has 0 amide bonds. The molecule has 0 rings (SSSR count). The SMILES string of the molecule is CBCS. The van der Waals surface area contributed by atoms with Crippen molar-refractivity contribution in [2.24, 2.45) is 0 Å². The zero-order chi connectivity index (χ0) is 3.41. The summed E-state index contributed by atoms with van der Waals surface area (Å²) in [5.74, 6) is 0. The first-order valence-corrected chi connectivity index (χ1v) is 2.16. The molecule has 2 heteroatoms. The van der Waals surface area contributed by atoms with Crippen molar-refractivity contribution in [3.05, 3.63) is 0 Å². The van der Waals surface area contributed by atoms with Gasteiger partial charge in [0, 0.05) is 0 Å². The minimum Gasteiger partial charge on any atom is -0.188 e. The molecule has 0 aliphatic carbocycles. The fraction of sp³-hybridized carbons (Fsp3) is 1.00. The van der Waals surface area contributed by atoms with Crippen LogP contribution < -0.4 is 0 Å². The third-order valence-electron chi connectivity index (χ3n) is 0.224. The normalized spacial score (nSPS) is 6.50. The summed E-state index contributed by atoms with van der Waals surface area (Å²) in [6.07, 6.45) is 0. The lowest BCUT2D eigenvalue weighted by Crippen LogP contribution is -1.76. The van der Waals surface area contributed by atoms with Gasteiger partial charge in [0.2, 0.25) is 0 Å². The Morgan fingerprint density at radius 3 is 2.25 bits per heavy atom. The highest BCUT2D eigenvalue weighted by Crippen LogP contribution is 1.61. The van der Waals surface area contributed by atoms with E-state index in [1.165, 1.54) is 7.28 Å². The molecule has 0 fully saturated rings. The largest absolute Gasteiger partial charge is 0.188 e. The molecule has 0 aliphatic rings. The minimum absolute atomic E-state index is 1.01. The van der Waals surface area contributed by atoms with Crippen LogP contribution in [0.5, 0.6) is 0 Å². The summed E-state index contributed by atoms with van der Waals surface area (Å²) >= 11 is 3.92. The van der Waals surface area contributed by atoms with E-state index in [1.54, 1.807) is 0 Å². The van der Waals surface area contributed by atoms with Crippen molar-refractivity contribution in [1.29, 1.82) is 0 Å². The lowest BCUT2D eigenvalue weighted by Gasteiger charge is -1.63. The van der Waals surface area contributed by atoms with Crippen LogP contribution in [0.3, 0.4) is 0 Å². The van der Waals surface area contributed by atoms with Gasteiger partial charge in [0.25, 0.3) is 0 Å². The van der Waals surface area contributed by atoms with E-state index in [1.807, 2.05) is 0 Å². The molecule has 0 nitrogen and oxygen atoms in total. The van der Waals surface area contributed by atoms with Gasteiger partial charge in [-0.05, 0) is 5.65 Å². The second-order valence-corrected chi connectivity index (χ2v) is 1.17. The van der Waals surface area contributed by atoms with Crippen LogP contribution in [0.25, 0.3) is 0 Å². The van der Waals surface area contributed by atoms with Crippen LogP contribution in [-0.4, -0.2) is 12.9 Å². The number of hydrogen-bond donors (Lipinski definition) is 1. The van der Waals surface area contributed by atoms with E-state index in [0.717, 1.165) is 5.65 Å². The van der Waals surface area contributed by atoms with Gasteiger partial charge in [0.15, 0.2) is 0 Å². The second-order valence-electron chi connectivity index (χ2n) is 0.724. The maximum absolute atomic E-state index is 3.92. The summed E-state index contributed by atoms with van der Waals surface area (Å²) in [7, 11) is 1.18. The highest BCUT2D eigenvalue weighted by molar-refractivity contribution is 7.81. The van der Waals surface area contributed by atoms with E-state index in [2.05, 4.69) is 19.5 Å². The molecule has 0 atom stereocenters. The first kappa shape index (κ1) is 4.41. The van der Waals surface area contributed by atoms with Gasteiger partial charge in [-0.15, -0.1) is 0 Å². The Morgan fingerprint density at radius 2 is 2.25 bits per heavy atom. The lowest BCUT2D eigenvalue weighted by atomic mass is 9.87. The quantitative estimate of drug-likeness (QED) is 0.337. The molecule has 0 radical (unpaired) electrons. The molecular weight excluding hydrogens is 66.9 g/mol. The van der Waals surface area contributed by atoms with Gasteiger partial charge >= 0.3 is 0 Å². The Labute approximate surface area is 33.2 Å². The van der Waals surface area contributed by atoms with Crippen LogP contribution >= 0.6 is 12.6 Å². The first-order valence-electron chi connectivity index (χ1n) is 1.52. The smallest absolute Gasteiger partial charge is 0.129 e. The predicted molar refractivity (Wildman–Crippen MR) is 26.9 cm³/mol. The summed E-state index contributed by atoms with van der Waals surface area (Å²) in [6, 6.07) is 0. The second kappa shape index (κ2) is 3.41. The van der Waals surface area contributed by atoms with Crippen molar-refractivity contribution in [2.75, 3.05) is 5.65 Å². The van der Waals surface area contributed by atoms with Crippen LogP contribution in [0.4, 0.5) is 0 Å².